The molecule has 1 amide bonds. The number of hydrogen-bond acceptors (Lipinski definition) is 4. The minimum absolute atomic E-state index is 0.0548. The number of nitrogens with zero attached hydrogens (tertiary/aromatic N) is 1. The van der Waals surface area contributed by atoms with Crippen molar-refractivity contribution in [1.29, 1.82) is 0 Å². The summed E-state index contributed by atoms with van der Waals surface area (Å²) in [7, 11) is 0. The minimum Gasteiger partial charge on any atom is -0.459 e. The van der Waals surface area contributed by atoms with Crippen LogP contribution in [-0.2, 0) is 14.3 Å². The number of halogens is 1. The van der Waals surface area contributed by atoms with E-state index in [0.717, 1.165) is 29.5 Å². The van der Waals surface area contributed by atoms with E-state index in [2.05, 4.69) is 28.1 Å². The highest BCUT2D eigenvalue weighted by Crippen LogP contribution is 2.33. The van der Waals surface area contributed by atoms with Gasteiger partial charge in [-0.05, 0) is 36.6 Å². The standard InChI is InChI=1S/C18H22BrNO4/c19-15-5-3-13(4-6-15)14-11-16(18(22)20-7-8-20)24-17(12-14)23-10-2-1-9-21/h3-6,11,14,17,21H,1-2,7-10,12H2/t14-,17+/m0/s1. The molecule has 0 bridgehead atoms. The van der Waals surface area contributed by atoms with Crippen molar-refractivity contribution in [2.75, 3.05) is 26.3 Å². The zero-order valence-corrected chi connectivity index (χ0v) is 15.1. The molecule has 130 valence electrons. The van der Waals surface area contributed by atoms with Crippen LogP contribution in [0, 0.1) is 0 Å². The Bertz CT molecular complexity index is 598. The molecule has 1 saturated heterocycles. The molecule has 0 saturated carbocycles. The molecule has 1 aromatic carbocycles. The molecular weight excluding hydrogens is 374 g/mol. The first-order valence-corrected chi connectivity index (χ1v) is 9.12. The third-order valence-electron chi connectivity index (χ3n) is 4.16. The number of rotatable bonds is 7. The Morgan fingerprint density at radius 3 is 2.71 bits per heavy atom. The van der Waals surface area contributed by atoms with Gasteiger partial charge in [-0.2, -0.15) is 0 Å². The van der Waals surface area contributed by atoms with Crippen LogP contribution in [0.2, 0.25) is 0 Å². The van der Waals surface area contributed by atoms with Gasteiger partial charge in [-0.3, -0.25) is 4.79 Å². The molecule has 0 aromatic heterocycles. The summed E-state index contributed by atoms with van der Waals surface area (Å²) >= 11 is 3.45. The van der Waals surface area contributed by atoms with Gasteiger partial charge >= 0.3 is 0 Å². The lowest BCUT2D eigenvalue weighted by atomic mass is 9.93. The van der Waals surface area contributed by atoms with Gasteiger partial charge in [0.15, 0.2) is 5.76 Å². The van der Waals surface area contributed by atoms with Crippen molar-refractivity contribution in [3.8, 4) is 0 Å². The first-order chi connectivity index (χ1) is 11.7. The maximum absolute atomic E-state index is 12.3. The summed E-state index contributed by atoms with van der Waals surface area (Å²) in [5.41, 5.74) is 1.14. The van der Waals surface area contributed by atoms with E-state index in [1.165, 1.54) is 0 Å². The van der Waals surface area contributed by atoms with Crippen LogP contribution in [0.15, 0.2) is 40.6 Å². The normalized spacial score (nSPS) is 22.8. The molecule has 2 heterocycles. The van der Waals surface area contributed by atoms with Gasteiger partial charge in [0, 0.05) is 36.5 Å². The number of carbonyl (C=O) groups excluding carboxylic acids is 1. The fourth-order valence-corrected chi connectivity index (χ4v) is 2.96. The molecule has 0 spiro atoms. The predicted molar refractivity (Wildman–Crippen MR) is 93.3 cm³/mol. The van der Waals surface area contributed by atoms with E-state index in [1.807, 2.05) is 18.2 Å². The summed E-state index contributed by atoms with van der Waals surface area (Å²) in [6, 6.07) is 8.11. The molecule has 2 aliphatic heterocycles. The van der Waals surface area contributed by atoms with Crippen LogP contribution in [0.3, 0.4) is 0 Å². The number of benzene rings is 1. The Morgan fingerprint density at radius 1 is 1.29 bits per heavy atom. The van der Waals surface area contributed by atoms with Gasteiger partial charge in [-0.25, -0.2) is 0 Å². The molecule has 3 rings (SSSR count). The lowest BCUT2D eigenvalue weighted by Gasteiger charge is -2.29. The maximum Gasteiger partial charge on any atom is 0.288 e. The summed E-state index contributed by atoms with van der Waals surface area (Å²) < 4.78 is 12.6. The molecule has 2 atom stereocenters. The highest BCUT2D eigenvalue weighted by molar-refractivity contribution is 9.10. The van der Waals surface area contributed by atoms with E-state index in [9.17, 15) is 4.79 Å². The van der Waals surface area contributed by atoms with Crippen molar-refractivity contribution in [2.24, 2.45) is 0 Å². The quantitative estimate of drug-likeness (QED) is 0.569. The minimum atomic E-state index is -0.429. The van der Waals surface area contributed by atoms with E-state index in [4.69, 9.17) is 14.6 Å². The zero-order chi connectivity index (χ0) is 16.9. The molecule has 0 aliphatic carbocycles. The third kappa shape index (κ3) is 4.59. The second-order valence-corrected chi connectivity index (χ2v) is 6.98. The molecule has 0 unspecified atom stereocenters. The highest BCUT2D eigenvalue weighted by Gasteiger charge is 2.34. The number of amides is 1. The lowest BCUT2D eigenvalue weighted by Crippen LogP contribution is -2.29. The summed E-state index contributed by atoms with van der Waals surface area (Å²) in [5.74, 6) is 0.424. The molecule has 24 heavy (non-hydrogen) atoms. The Kier molecular flexibility index (Phi) is 5.92. The SMILES string of the molecule is O=C(C1=C[C@H](c2ccc(Br)cc2)C[C@H](OCCCCO)O1)N1CC1. The van der Waals surface area contributed by atoms with Crippen molar-refractivity contribution < 1.29 is 19.4 Å². The number of carbonyl (C=O) groups is 1. The number of aliphatic hydroxyl groups excluding tert-OH is 1. The van der Waals surface area contributed by atoms with Gasteiger partial charge in [-0.15, -0.1) is 0 Å². The van der Waals surface area contributed by atoms with E-state index < -0.39 is 6.29 Å². The number of ether oxygens (including phenoxy) is 2. The van der Waals surface area contributed by atoms with Crippen LogP contribution in [0.1, 0.15) is 30.7 Å². The van der Waals surface area contributed by atoms with Crippen LogP contribution in [0.25, 0.3) is 0 Å². The summed E-state index contributed by atoms with van der Waals surface area (Å²) in [6.07, 6.45) is 3.65. The van der Waals surface area contributed by atoms with Crippen LogP contribution in [0.5, 0.6) is 0 Å². The molecule has 5 nitrogen and oxygen atoms in total. The average Bonchev–Trinajstić information content (AvgIpc) is 3.43. The number of allylic oxidation sites excluding steroid dienone is 1. The van der Waals surface area contributed by atoms with Crippen LogP contribution >= 0.6 is 15.9 Å². The number of hydrogen-bond donors (Lipinski definition) is 1. The van der Waals surface area contributed by atoms with Crippen molar-refractivity contribution in [2.45, 2.75) is 31.5 Å². The highest BCUT2D eigenvalue weighted by atomic mass is 79.9. The van der Waals surface area contributed by atoms with Crippen LogP contribution < -0.4 is 0 Å². The van der Waals surface area contributed by atoms with Crippen LogP contribution in [0.4, 0.5) is 0 Å². The van der Waals surface area contributed by atoms with E-state index in [1.54, 1.807) is 4.90 Å². The Balaban J connectivity index is 1.71. The summed E-state index contributed by atoms with van der Waals surface area (Å²) in [6.45, 7) is 2.27. The van der Waals surface area contributed by atoms with Crippen molar-refractivity contribution >= 4 is 21.8 Å². The number of aliphatic hydroxyl groups is 1. The van der Waals surface area contributed by atoms with Gasteiger partial charge in [0.1, 0.15) is 0 Å². The smallest absolute Gasteiger partial charge is 0.288 e. The van der Waals surface area contributed by atoms with Gasteiger partial charge in [0.05, 0.1) is 6.61 Å². The largest absolute Gasteiger partial charge is 0.459 e. The lowest BCUT2D eigenvalue weighted by molar-refractivity contribution is -0.149. The fourth-order valence-electron chi connectivity index (χ4n) is 2.69. The fraction of sp³-hybridized carbons (Fsp3) is 0.500. The first kappa shape index (κ1) is 17.5. The monoisotopic (exact) mass is 395 g/mol. The van der Waals surface area contributed by atoms with Gasteiger partial charge in [-0.1, -0.05) is 28.1 Å². The van der Waals surface area contributed by atoms with E-state index >= 15 is 0 Å². The molecule has 6 heteroatoms. The molecule has 0 radical (unpaired) electrons. The number of unbranched alkanes of at least 4 members (excludes halogenated alkanes) is 1. The molecule has 1 fully saturated rings. The van der Waals surface area contributed by atoms with Gasteiger partial charge in [0.25, 0.3) is 5.91 Å². The first-order valence-electron chi connectivity index (χ1n) is 8.33. The Labute approximate surface area is 150 Å². The van der Waals surface area contributed by atoms with E-state index in [0.29, 0.717) is 25.2 Å². The topological polar surface area (TPSA) is 58.8 Å². The Morgan fingerprint density at radius 2 is 2.04 bits per heavy atom. The predicted octanol–water partition coefficient (Wildman–Crippen LogP) is 2.79. The van der Waals surface area contributed by atoms with Crippen LogP contribution in [-0.4, -0.2) is 48.5 Å². The van der Waals surface area contributed by atoms with Gasteiger partial charge in [0.2, 0.25) is 6.29 Å². The Hall–Kier alpha value is -1.37. The van der Waals surface area contributed by atoms with Gasteiger partial charge < -0.3 is 19.5 Å². The molecular formula is C18H22BrNO4. The second-order valence-electron chi connectivity index (χ2n) is 6.07. The average molecular weight is 396 g/mol. The maximum atomic E-state index is 12.3. The van der Waals surface area contributed by atoms with Crippen molar-refractivity contribution in [1.82, 2.24) is 4.90 Å². The third-order valence-corrected chi connectivity index (χ3v) is 4.69. The van der Waals surface area contributed by atoms with Crippen molar-refractivity contribution in [3.05, 3.63) is 46.1 Å². The summed E-state index contributed by atoms with van der Waals surface area (Å²) in [4.78, 5) is 14.1. The second kappa shape index (κ2) is 8.14. The van der Waals surface area contributed by atoms with Crippen molar-refractivity contribution in [3.63, 3.8) is 0 Å². The zero-order valence-electron chi connectivity index (χ0n) is 13.5. The molecule has 1 aromatic rings. The molecule has 1 N–H and O–H groups in total. The summed E-state index contributed by atoms with van der Waals surface area (Å²) in [5, 5.41) is 8.85. The molecule has 2 aliphatic rings. The van der Waals surface area contributed by atoms with E-state index in [-0.39, 0.29) is 18.4 Å².